The van der Waals surface area contributed by atoms with E-state index in [-0.39, 0.29) is 12.3 Å². The average molecular weight is 392 g/mol. The predicted octanol–water partition coefficient (Wildman–Crippen LogP) is 3.51. The van der Waals surface area contributed by atoms with Gasteiger partial charge in [-0.05, 0) is 33.7 Å². The summed E-state index contributed by atoms with van der Waals surface area (Å²) in [5, 5.41) is 3.88. The highest BCUT2D eigenvalue weighted by molar-refractivity contribution is 6.76. The summed E-state index contributed by atoms with van der Waals surface area (Å²) >= 11 is 0. The Labute approximate surface area is 154 Å². The topological polar surface area (TPSA) is 45.5 Å². The third-order valence-corrected chi connectivity index (χ3v) is 6.58. The van der Waals surface area contributed by atoms with Gasteiger partial charge >= 0.3 is 13.3 Å². The second-order valence-electron chi connectivity index (χ2n) is 8.88. The van der Waals surface area contributed by atoms with Crippen LogP contribution in [0.3, 0.4) is 0 Å². The lowest BCUT2D eigenvalue weighted by Crippen LogP contribution is -2.43. The second kappa shape index (κ2) is 6.96. The average Bonchev–Trinajstić information content (AvgIpc) is 2.92. The maximum Gasteiger partial charge on any atom is 0.514 e. The number of hydrogen-bond donors (Lipinski definition) is 0. The van der Waals surface area contributed by atoms with Crippen molar-refractivity contribution in [1.29, 1.82) is 0 Å². The standard InChI is InChI=1S/C16H28BF3N2O3Si/c1-14(2)15(3,4)25-17(24-14)13-12(16(18,19)20)10-21-22(13)11-23-8-9-26(5,6)7/h10H,8-9,11H2,1-7H3. The van der Waals surface area contributed by atoms with Crippen molar-refractivity contribution in [3.8, 4) is 0 Å². The summed E-state index contributed by atoms with van der Waals surface area (Å²) in [6.45, 7) is 14.2. The molecule has 0 atom stereocenters. The highest BCUT2D eigenvalue weighted by Crippen LogP contribution is 2.38. The largest absolute Gasteiger partial charge is 0.514 e. The lowest BCUT2D eigenvalue weighted by atomic mass is 9.81. The molecule has 10 heteroatoms. The predicted molar refractivity (Wildman–Crippen MR) is 97.1 cm³/mol. The van der Waals surface area contributed by atoms with Gasteiger partial charge in [0, 0.05) is 14.7 Å². The number of ether oxygens (including phenoxy) is 1. The molecule has 0 bridgehead atoms. The number of hydrogen-bond acceptors (Lipinski definition) is 4. The van der Waals surface area contributed by atoms with Crippen molar-refractivity contribution in [2.24, 2.45) is 0 Å². The molecule has 1 aliphatic rings. The van der Waals surface area contributed by atoms with Gasteiger partial charge in [0.25, 0.3) is 0 Å². The zero-order chi connectivity index (χ0) is 20.0. The third-order valence-electron chi connectivity index (χ3n) is 4.87. The molecular formula is C16H28BF3N2O3Si. The fraction of sp³-hybridized carbons (Fsp3) is 0.812. The molecule has 148 valence electrons. The Morgan fingerprint density at radius 1 is 1.15 bits per heavy atom. The quantitative estimate of drug-likeness (QED) is 0.549. The van der Waals surface area contributed by atoms with Crippen LogP contribution in [0, 0.1) is 0 Å². The SMILES string of the molecule is CC1(C)OB(c2c(C(F)(F)F)cnn2COCC[Si](C)(C)C)OC1(C)C. The van der Waals surface area contributed by atoms with Crippen LogP contribution in [0.4, 0.5) is 13.2 Å². The van der Waals surface area contributed by atoms with E-state index >= 15 is 0 Å². The molecule has 1 saturated heterocycles. The van der Waals surface area contributed by atoms with Gasteiger partial charge in [0.1, 0.15) is 6.73 Å². The molecule has 26 heavy (non-hydrogen) atoms. The van der Waals surface area contributed by atoms with E-state index in [2.05, 4.69) is 24.7 Å². The summed E-state index contributed by atoms with van der Waals surface area (Å²) in [6.07, 6.45) is -3.74. The van der Waals surface area contributed by atoms with Crippen LogP contribution in [-0.4, -0.2) is 42.8 Å². The lowest BCUT2D eigenvalue weighted by Gasteiger charge is -2.32. The Kier molecular flexibility index (Phi) is 5.74. The van der Waals surface area contributed by atoms with E-state index in [9.17, 15) is 13.2 Å². The molecular weight excluding hydrogens is 364 g/mol. The first kappa shape index (κ1) is 21.5. The normalized spacial score (nSPS) is 20.0. The van der Waals surface area contributed by atoms with Crippen LogP contribution >= 0.6 is 0 Å². The van der Waals surface area contributed by atoms with Gasteiger partial charge in [0.15, 0.2) is 0 Å². The molecule has 1 aromatic rings. The summed E-state index contributed by atoms with van der Waals surface area (Å²) in [4.78, 5) is 0. The summed E-state index contributed by atoms with van der Waals surface area (Å²) in [5.74, 6) is 0. The number of rotatable bonds is 6. The Balaban J connectivity index is 2.24. The van der Waals surface area contributed by atoms with Crippen molar-refractivity contribution in [1.82, 2.24) is 9.78 Å². The van der Waals surface area contributed by atoms with Crippen molar-refractivity contribution in [3.05, 3.63) is 11.8 Å². The van der Waals surface area contributed by atoms with Crippen molar-refractivity contribution in [3.63, 3.8) is 0 Å². The van der Waals surface area contributed by atoms with Gasteiger partial charge in [-0.15, -0.1) is 0 Å². The Morgan fingerprint density at radius 3 is 2.15 bits per heavy atom. The maximum absolute atomic E-state index is 13.4. The first-order valence-corrected chi connectivity index (χ1v) is 12.4. The van der Waals surface area contributed by atoms with Gasteiger partial charge in [0.05, 0.1) is 28.6 Å². The van der Waals surface area contributed by atoms with Crippen LogP contribution in [0.15, 0.2) is 6.20 Å². The summed E-state index contributed by atoms with van der Waals surface area (Å²) in [6, 6.07) is 0.923. The van der Waals surface area contributed by atoms with Crippen LogP contribution in [0.1, 0.15) is 33.3 Å². The van der Waals surface area contributed by atoms with Gasteiger partial charge in [-0.2, -0.15) is 18.3 Å². The van der Waals surface area contributed by atoms with E-state index in [4.69, 9.17) is 14.0 Å². The van der Waals surface area contributed by atoms with Crippen molar-refractivity contribution in [2.45, 2.75) is 77.5 Å². The molecule has 0 amide bonds. The molecule has 1 fully saturated rings. The molecule has 2 rings (SSSR count). The summed E-state index contributed by atoms with van der Waals surface area (Å²) in [5.41, 5.74) is -2.49. The monoisotopic (exact) mass is 392 g/mol. The van der Waals surface area contributed by atoms with Crippen LogP contribution < -0.4 is 5.59 Å². The molecule has 0 spiro atoms. The van der Waals surface area contributed by atoms with E-state index in [1.807, 2.05) is 0 Å². The maximum atomic E-state index is 13.4. The summed E-state index contributed by atoms with van der Waals surface area (Å²) in [7, 11) is -2.43. The van der Waals surface area contributed by atoms with E-state index in [0.717, 1.165) is 12.2 Å². The van der Waals surface area contributed by atoms with Gasteiger partial charge < -0.3 is 14.0 Å². The van der Waals surface area contributed by atoms with Gasteiger partial charge in [0.2, 0.25) is 0 Å². The van der Waals surface area contributed by atoms with Crippen LogP contribution in [0.25, 0.3) is 0 Å². The van der Waals surface area contributed by atoms with E-state index in [0.29, 0.717) is 6.61 Å². The van der Waals surface area contributed by atoms with Gasteiger partial charge in [-0.1, -0.05) is 19.6 Å². The van der Waals surface area contributed by atoms with Crippen LogP contribution in [0.5, 0.6) is 0 Å². The zero-order valence-corrected chi connectivity index (χ0v) is 17.5. The fourth-order valence-corrected chi connectivity index (χ4v) is 3.21. The molecule has 0 aromatic carbocycles. The molecule has 1 aromatic heterocycles. The molecule has 2 heterocycles. The van der Waals surface area contributed by atoms with Crippen LogP contribution in [0.2, 0.25) is 25.7 Å². The number of halogens is 3. The number of alkyl halides is 3. The first-order valence-electron chi connectivity index (χ1n) is 8.70. The van der Waals surface area contributed by atoms with Gasteiger partial charge in [-0.25, -0.2) is 4.68 Å². The van der Waals surface area contributed by atoms with Crippen molar-refractivity contribution in [2.75, 3.05) is 6.61 Å². The Hall–Kier alpha value is -0.838. The van der Waals surface area contributed by atoms with E-state index in [1.54, 1.807) is 27.7 Å². The molecule has 0 aliphatic carbocycles. The number of nitrogens with zero attached hydrogens (tertiary/aromatic N) is 2. The van der Waals surface area contributed by atoms with E-state index in [1.165, 1.54) is 4.68 Å². The molecule has 0 N–H and O–H groups in total. The first-order chi connectivity index (χ1) is 11.6. The second-order valence-corrected chi connectivity index (χ2v) is 14.5. The van der Waals surface area contributed by atoms with Crippen molar-refractivity contribution < 1.29 is 27.2 Å². The minimum absolute atomic E-state index is 0.0695. The Morgan fingerprint density at radius 2 is 1.69 bits per heavy atom. The molecule has 0 saturated carbocycles. The molecule has 0 unspecified atom stereocenters. The minimum Gasteiger partial charge on any atom is -0.398 e. The fourth-order valence-electron chi connectivity index (χ4n) is 2.45. The molecule has 5 nitrogen and oxygen atoms in total. The lowest BCUT2D eigenvalue weighted by molar-refractivity contribution is -0.137. The highest BCUT2D eigenvalue weighted by atomic mass is 28.3. The smallest absolute Gasteiger partial charge is 0.398 e. The Bertz CT molecular complexity index is 626. The molecule has 1 aliphatic heterocycles. The highest BCUT2D eigenvalue weighted by Gasteiger charge is 2.55. The summed E-state index contributed by atoms with van der Waals surface area (Å²) < 4.78 is 58.7. The van der Waals surface area contributed by atoms with Gasteiger partial charge in [-0.3, -0.25) is 0 Å². The molecule has 0 radical (unpaired) electrons. The number of aromatic nitrogens is 2. The van der Waals surface area contributed by atoms with Crippen molar-refractivity contribution >= 4 is 20.8 Å². The van der Waals surface area contributed by atoms with E-state index < -0.39 is 38.1 Å². The third kappa shape index (κ3) is 4.71. The minimum atomic E-state index is -4.55. The van der Waals surface area contributed by atoms with Crippen LogP contribution in [-0.2, 0) is 27.0 Å². The zero-order valence-electron chi connectivity index (χ0n) is 16.5.